The van der Waals surface area contributed by atoms with E-state index in [4.69, 9.17) is 16.3 Å². The van der Waals surface area contributed by atoms with Gasteiger partial charge in [0.15, 0.2) is 0 Å². The van der Waals surface area contributed by atoms with E-state index in [-0.39, 0.29) is 24.0 Å². The highest BCUT2D eigenvalue weighted by Crippen LogP contribution is 2.45. The molecule has 2 aliphatic rings. The maximum Gasteiger partial charge on any atom is 0.328 e. The lowest BCUT2D eigenvalue weighted by atomic mass is 9.73. The zero-order chi connectivity index (χ0) is 20.8. The fourth-order valence-electron chi connectivity index (χ4n) is 5.30. The number of nitrogens with zero attached hydrogens (tertiary/aromatic N) is 1. The van der Waals surface area contributed by atoms with Gasteiger partial charge in [-0.05, 0) is 67.1 Å². The van der Waals surface area contributed by atoms with Crippen molar-refractivity contribution < 1.29 is 4.74 Å². The van der Waals surface area contributed by atoms with Gasteiger partial charge in [-0.25, -0.2) is 4.79 Å². The van der Waals surface area contributed by atoms with E-state index < -0.39 is 5.69 Å². The second-order valence-corrected chi connectivity index (χ2v) is 8.67. The number of methoxy groups -OCH3 is 1. The van der Waals surface area contributed by atoms with E-state index in [1.165, 1.54) is 15.7 Å². The third-order valence-electron chi connectivity index (χ3n) is 6.70. The van der Waals surface area contributed by atoms with Crippen molar-refractivity contribution in [2.45, 2.75) is 37.8 Å². The van der Waals surface area contributed by atoms with Crippen molar-refractivity contribution in [3.63, 3.8) is 0 Å². The molecular weight excluding hydrogens is 437 g/mol. The fraction of sp³-hybridized carbons (Fsp3) is 0.391. The smallest absolute Gasteiger partial charge is 0.328 e. The molecule has 31 heavy (non-hydrogen) atoms. The summed E-state index contributed by atoms with van der Waals surface area (Å²) in [4.78, 5) is 28.2. The Morgan fingerprint density at radius 1 is 1.23 bits per heavy atom. The highest BCUT2D eigenvalue weighted by molar-refractivity contribution is 6.31. The van der Waals surface area contributed by atoms with Gasteiger partial charge in [-0.15, -0.1) is 12.4 Å². The monoisotopic (exact) mass is 461 g/mol. The number of hydrogen-bond donors (Lipinski definition) is 2. The van der Waals surface area contributed by atoms with Crippen LogP contribution >= 0.6 is 24.0 Å². The SMILES string of the molecule is COc1cccc2c1CCC1CNC(CCn3c(=O)[nH]c4cc(Cl)ccc4c3=O)C21.Cl. The van der Waals surface area contributed by atoms with Gasteiger partial charge in [0.1, 0.15) is 5.75 Å². The summed E-state index contributed by atoms with van der Waals surface area (Å²) in [5.74, 6) is 1.90. The molecule has 1 saturated heterocycles. The van der Waals surface area contributed by atoms with E-state index in [0.717, 1.165) is 25.1 Å². The fourth-order valence-corrected chi connectivity index (χ4v) is 5.47. The van der Waals surface area contributed by atoms with E-state index in [9.17, 15) is 9.59 Å². The largest absolute Gasteiger partial charge is 0.496 e. The third kappa shape index (κ3) is 3.77. The first-order valence-corrected chi connectivity index (χ1v) is 10.8. The summed E-state index contributed by atoms with van der Waals surface area (Å²) in [6, 6.07) is 11.4. The summed E-state index contributed by atoms with van der Waals surface area (Å²) in [6.45, 7) is 1.33. The molecule has 1 aliphatic carbocycles. The number of rotatable bonds is 4. The molecule has 0 spiro atoms. The van der Waals surface area contributed by atoms with Crippen LogP contribution in [-0.2, 0) is 13.0 Å². The van der Waals surface area contributed by atoms with Gasteiger partial charge in [0.05, 0.1) is 18.0 Å². The van der Waals surface area contributed by atoms with E-state index in [0.29, 0.717) is 40.7 Å². The van der Waals surface area contributed by atoms with Crippen molar-refractivity contribution in [1.82, 2.24) is 14.9 Å². The van der Waals surface area contributed by atoms with Crippen molar-refractivity contribution in [3.8, 4) is 5.75 Å². The predicted octanol–water partition coefficient (Wildman–Crippen LogP) is 3.48. The number of aromatic amines is 1. The summed E-state index contributed by atoms with van der Waals surface area (Å²) in [5, 5.41) is 4.61. The Kier molecular flexibility index (Phi) is 6.15. The van der Waals surface area contributed by atoms with Crippen LogP contribution in [0.2, 0.25) is 5.02 Å². The molecule has 8 heteroatoms. The van der Waals surface area contributed by atoms with Crippen LogP contribution in [0.4, 0.5) is 0 Å². The maximum atomic E-state index is 12.9. The molecule has 164 valence electrons. The van der Waals surface area contributed by atoms with Crippen molar-refractivity contribution in [2.24, 2.45) is 5.92 Å². The molecule has 3 atom stereocenters. The second-order valence-electron chi connectivity index (χ2n) is 8.23. The zero-order valence-corrected chi connectivity index (χ0v) is 18.8. The molecule has 3 aromatic rings. The van der Waals surface area contributed by atoms with Crippen LogP contribution in [0.25, 0.3) is 10.9 Å². The average molecular weight is 462 g/mol. The molecule has 1 aromatic heterocycles. The Labute approximate surface area is 191 Å². The average Bonchev–Trinajstić information content (AvgIpc) is 3.16. The van der Waals surface area contributed by atoms with Crippen LogP contribution in [0.5, 0.6) is 5.75 Å². The number of aromatic nitrogens is 2. The van der Waals surface area contributed by atoms with Crippen molar-refractivity contribution >= 4 is 34.9 Å². The summed E-state index contributed by atoms with van der Waals surface area (Å²) in [6.07, 6.45) is 2.86. The predicted molar refractivity (Wildman–Crippen MR) is 125 cm³/mol. The number of H-pyrrole nitrogens is 1. The molecule has 6 nitrogen and oxygen atoms in total. The van der Waals surface area contributed by atoms with Crippen LogP contribution in [-0.4, -0.2) is 29.2 Å². The molecule has 1 aliphatic heterocycles. The maximum absolute atomic E-state index is 12.9. The topological polar surface area (TPSA) is 76.1 Å². The molecule has 0 saturated carbocycles. The van der Waals surface area contributed by atoms with Gasteiger partial charge in [0.25, 0.3) is 5.56 Å². The number of hydrogen-bond acceptors (Lipinski definition) is 4. The zero-order valence-electron chi connectivity index (χ0n) is 17.2. The first-order valence-electron chi connectivity index (χ1n) is 10.4. The molecule has 2 N–H and O–H groups in total. The number of ether oxygens (including phenoxy) is 1. The van der Waals surface area contributed by atoms with Crippen LogP contribution in [0.15, 0.2) is 46.0 Å². The molecule has 1 fully saturated rings. The van der Waals surface area contributed by atoms with E-state index >= 15 is 0 Å². The quantitative estimate of drug-likeness (QED) is 0.623. The molecule has 5 rings (SSSR count). The van der Waals surface area contributed by atoms with Crippen molar-refractivity contribution in [1.29, 1.82) is 0 Å². The van der Waals surface area contributed by atoms with E-state index in [1.807, 2.05) is 6.07 Å². The minimum absolute atomic E-state index is 0. The first-order chi connectivity index (χ1) is 14.6. The lowest BCUT2D eigenvalue weighted by Crippen LogP contribution is -2.38. The van der Waals surface area contributed by atoms with Gasteiger partial charge < -0.3 is 15.0 Å². The van der Waals surface area contributed by atoms with Crippen LogP contribution < -0.4 is 21.3 Å². The Hall–Kier alpha value is -2.28. The number of halogens is 2. The molecule has 2 aromatic carbocycles. The minimum Gasteiger partial charge on any atom is -0.496 e. The molecule has 0 bridgehead atoms. The highest BCUT2D eigenvalue weighted by atomic mass is 35.5. The summed E-state index contributed by atoms with van der Waals surface area (Å²) < 4.78 is 6.89. The second kappa shape index (κ2) is 8.69. The van der Waals surface area contributed by atoms with Gasteiger partial charge in [0, 0.05) is 23.5 Å². The first kappa shape index (κ1) is 21.9. The molecular formula is C23H25Cl2N3O3. The Balaban J connectivity index is 0.00000231. The lowest BCUT2D eigenvalue weighted by Gasteiger charge is -2.32. The van der Waals surface area contributed by atoms with E-state index in [1.54, 1.807) is 25.3 Å². The Morgan fingerprint density at radius 2 is 2.06 bits per heavy atom. The van der Waals surface area contributed by atoms with Crippen LogP contribution in [0.1, 0.15) is 29.9 Å². The van der Waals surface area contributed by atoms with Gasteiger partial charge in [-0.1, -0.05) is 23.7 Å². The van der Waals surface area contributed by atoms with Crippen LogP contribution in [0.3, 0.4) is 0 Å². The Morgan fingerprint density at radius 3 is 2.87 bits per heavy atom. The van der Waals surface area contributed by atoms with E-state index in [2.05, 4.69) is 22.4 Å². The standard InChI is InChI=1S/C23H24ClN3O3.ClH/c1-30-20-4-2-3-16-15(20)7-5-13-12-25-18(21(13)16)9-10-27-22(28)17-8-6-14(24)11-19(17)26-23(27)29;/h2-4,6,8,11,13,18,21,25H,5,7,9-10,12H2,1H3,(H,26,29);1H. The Bertz CT molecular complexity index is 1240. The van der Waals surface area contributed by atoms with Gasteiger partial charge in [-0.3, -0.25) is 9.36 Å². The molecule has 0 amide bonds. The molecule has 3 unspecified atom stereocenters. The molecule has 2 heterocycles. The van der Waals surface area contributed by atoms with Crippen LogP contribution in [0, 0.1) is 5.92 Å². The highest BCUT2D eigenvalue weighted by Gasteiger charge is 2.40. The van der Waals surface area contributed by atoms with Gasteiger partial charge in [-0.2, -0.15) is 0 Å². The normalized spacial score (nSPS) is 21.9. The summed E-state index contributed by atoms with van der Waals surface area (Å²) >= 11 is 5.99. The number of fused-ring (bicyclic) bond motifs is 4. The van der Waals surface area contributed by atoms with Crippen molar-refractivity contribution in [3.05, 3.63) is 73.4 Å². The lowest BCUT2D eigenvalue weighted by molar-refractivity contribution is 0.371. The third-order valence-corrected chi connectivity index (χ3v) is 6.94. The van der Waals surface area contributed by atoms with Gasteiger partial charge >= 0.3 is 5.69 Å². The van der Waals surface area contributed by atoms with Gasteiger partial charge in [0.2, 0.25) is 0 Å². The number of benzene rings is 2. The summed E-state index contributed by atoms with van der Waals surface area (Å²) in [7, 11) is 1.72. The summed E-state index contributed by atoms with van der Waals surface area (Å²) in [5.41, 5.74) is 2.45. The number of nitrogens with one attached hydrogen (secondary N) is 2. The molecule has 0 radical (unpaired) electrons. The minimum atomic E-state index is -0.393. The van der Waals surface area contributed by atoms with Crippen molar-refractivity contribution in [2.75, 3.05) is 13.7 Å².